The maximum Gasteiger partial charge on any atom is 0.134 e. The topological polar surface area (TPSA) is 43.0 Å². The van der Waals surface area contributed by atoms with Gasteiger partial charge < -0.3 is 9.73 Å². The quantitative estimate of drug-likeness (QED) is 0.755. The van der Waals surface area contributed by atoms with Crippen LogP contribution in [0.15, 0.2) is 41.1 Å². The first kappa shape index (κ1) is 13.7. The van der Waals surface area contributed by atoms with Crippen molar-refractivity contribution in [1.82, 2.24) is 9.78 Å². The molecular formula is C17H21N3O. The van der Waals surface area contributed by atoms with E-state index in [-0.39, 0.29) is 6.04 Å². The number of hydrogen-bond acceptors (Lipinski definition) is 3. The lowest BCUT2D eigenvalue weighted by Gasteiger charge is -2.12. The summed E-state index contributed by atoms with van der Waals surface area (Å²) in [6, 6.07) is 8.34. The molecule has 0 bridgehead atoms. The molecule has 2 heterocycles. The fourth-order valence-electron chi connectivity index (χ4n) is 2.76. The van der Waals surface area contributed by atoms with Gasteiger partial charge in [0, 0.05) is 23.7 Å². The van der Waals surface area contributed by atoms with Crippen molar-refractivity contribution in [3.8, 4) is 0 Å². The van der Waals surface area contributed by atoms with E-state index in [0.717, 1.165) is 30.0 Å². The van der Waals surface area contributed by atoms with Crippen LogP contribution in [0.4, 0.5) is 5.69 Å². The first-order valence-corrected chi connectivity index (χ1v) is 7.52. The third kappa shape index (κ3) is 2.53. The Bertz CT molecular complexity index is 741. The van der Waals surface area contributed by atoms with Crippen LogP contribution in [-0.4, -0.2) is 9.78 Å². The largest absolute Gasteiger partial charge is 0.459 e. The van der Waals surface area contributed by atoms with Crippen molar-refractivity contribution in [1.29, 1.82) is 0 Å². The Balaban J connectivity index is 1.91. The standard InChI is InChI=1S/C17H21N3O/c1-4-14-15-8-6-7-9-16(15)21-17(14)12(3)19-13-10-18-20(5-2)11-13/h6-12,19H,4-5H2,1-3H3. The minimum absolute atomic E-state index is 0.113. The Hall–Kier alpha value is -2.23. The van der Waals surface area contributed by atoms with Crippen LogP contribution in [-0.2, 0) is 13.0 Å². The van der Waals surface area contributed by atoms with Crippen molar-refractivity contribution in [2.45, 2.75) is 39.8 Å². The lowest BCUT2D eigenvalue weighted by atomic mass is 10.1. The molecule has 0 amide bonds. The molecule has 0 fully saturated rings. The van der Waals surface area contributed by atoms with Crippen LogP contribution in [0.2, 0.25) is 0 Å². The highest BCUT2D eigenvalue weighted by molar-refractivity contribution is 5.82. The predicted molar refractivity (Wildman–Crippen MR) is 85.5 cm³/mol. The molecular weight excluding hydrogens is 262 g/mol. The Morgan fingerprint density at radius 2 is 2.10 bits per heavy atom. The van der Waals surface area contributed by atoms with Gasteiger partial charge in [-0.1, -0.05) is 25.1 Å². The number of benzene rings is 1. The summed E-state index contributed by atoms with van der Waals surface area (Å²) in [6.07, 6.45) is 4.84. The first-order chi connectivity index (χ1) is 10.2. The number of anilines is 1. The third-order valence-corrected chi connectivity index (χ3v) is 3.82. The van der Waals surface area contributed by atoms with Gasteiger partial charge in [0.1, 0.15) is 11.3 Å². The van der Waals surface area contributed by atoms with Gasteiger partial charge in [-0.2, -0.15) is 5.10 Å². The number of furan rings is 1. The van der Waals surface area contributed by atoms with Gasteiger partial charge in [0.15, 0.2) is 0 Å². The Kier molecular flexibility index (Phi) is 3.69. The molecule has 4 nitrogen and oxygen atoms in total. The second-order valence-corrected chi connectivity index (χ2v) is 5.25. The van der Waals surface area contributed by atoms with Gasteiger partial charge in [-0.3, -0.25) is 4.68 Å². The fourth-order valence-corrected chi connectivity index (χ4v) is 2.76. The lowest BCUT2D eigenvalue weighted by Crippen LogP contribution is -2.07. The van der Waals surface area contributed by atoms with Gasteiger partial charge in [-0.05, 0) is 26.3 Å². The number of rotatable bonds is 5. The first-order valence-electron chi connectivity index (χ1n) is 7.52. The molecule has 0 aliphatic rings. The molecule has 21 heavy (non-hydrogen) atoms. The van der Waals surface area contributed by atoms with Gasteiger partial charge in [-0.15, -0.1) is 0 Å². The molecule has 0 saturated heterocycles. The maximum atomic E-state index is 6.07. The number of aryl methyl sites for hydroxylation is 2. The van der Waals surface area contributed by atoms with Crippen molar-refractivity contribution in [2.24, 2.45) is 0 Å². The number of fused-ring (bicyclic) bond motifs is 1. The molecule has 1 atom stereocenters. The van der Waals surface area contributed by atoms with Crippen molar-refractivity contribution in [3.05, 3.63) is 48.0 Å². The lowest BCUT2D eigenvalue weighted by molar-refractivity contribution is 0.520. The van der Waals surface area contributed by atoms with E-state index < -0.39 is 0 Å². The van der Waals surface area contributed by atoms with Crippen LogP contribution in [0.25, 0.3) is 11.0 Å². The van der Waals surface area contributed by atoms with Crippen LogP contribution in [0.3, 0.4) is 0 Å². The van der Waals surface area contributed by atoms with Gasteiger partial charge in [0.05, 0.1) is 17.9 Å². The van der Waals surface area contributed by atoms with E-state index in [1.54, 1.807) is 0 Å². The molecule has 110 valence electrons. The van der Waals surface area contributed by atoms with E-state index >= 15 is 0 Å². The number of hydrogen-bond donors (Lipinski definition) is 1. The Labute approximate surface area is 124 Å². The zero-order chi connectivity index (χ0) is 14.8. The van der Waals surface area contributed by atoms with Gasteiger partial charge >= 0.3 is 0 Å². The highest BCUT2D eigenvalue weighted by Gasteiger charge is 2.18. The average molecular weight is 283 g/mol. The molecule has 3 rings (SSSR count). The van der Waals surface area contributed by atoms with E-state index in [1.165, 1.54) is 10.9 Å². The van der Waals surface area contributed by atoms with E-state index in [1.807, 2.05) is 29.2 Å². The van der Waals surface area contributed by atoms with E-state index in [2.05, 4.69) is 43.3 Å². The minimum atomic E-state index is 0.113. The Morgan fingerprint density at radius 1 is 1.29 bits per heavy atom. The average Bonchev–Trinajstić information content (AvgIpc) is 3.10. The fraction of sp³-hybridized carbons (Fsp3) is 0.353. The summed E-state index contributed by atoms with van der Waals surface area (Å²) in [4.78, 5) is 0. The SMILES string of the molecule is CCc1c(C(C)Nc2cnn(CC)c2)oc2ccccc12. The third-order valence-electron chi connectivity index (χ3n) is 3.82. The number of nitrogens with zero attached hydrogens (tertiary/aromatic N) is 2. The van der Waals surface area contributed by atoms with Crippen molar-refractivity contribution >= 4 is 16.7 Å². The predicted octanol–water partition coefficient (Wildman–Crippen LogP) is 4.38. The van der Waals surface area contributed by atoms with Crippen LogP contribution in [0.5, 0.6) is 0 Å². The monoisotopic (exact) mass is 283 g/mol. The molecule has 1 aromatic carbocycles. The molecule has 0 spiro atoms. The van der Waals surface area contributed by atoms with Crippen LogP contribution in [0.1, 0.15) is 38.1 Å². The molecule has 1 unspecified atom stereocenters. The summed E-state index contributed by atoms with van der Waals surface area (Å²) in [7, 11) is 0. The van der Waals surface area contributed by atoms with Gasteiger partial charge in [-0.25, -0.2) is 0 Å². The summed E-state index contributed by atoms with van der Waals surface area (Å²) in [5.74, 6) is 1.02. The van der Waals surface area contributed by atoms with E-state index in [4.69, 9.17) is 4.42 Å². The second-order valence-electron chi connectivity index (χ2n) is 5.25. The van der Waals surface area contributed by atoms with Crippen LogP contribution in [0, 0.1) is 0 Å². The smallest absolute Gasteiger partial charge is 0.134 e. The summed E-state index contributed by atoms with van der Waals surface area (Å²) in [5, 5.41) is 8.98. The minimum Gasteiger partial charge on any atom is -0.459 e. The van der Waals surface area contributed by atoms with Crippen LogP contribution < -0.4 is 5.32 Å². The summed E-state index contributed by atoms with van der Waals surface area (Å²) in [5.41, 5.74) is 3.27. The zero-order valence-electron chi connectivity index (χ0n) is 12.8. The normalized spacial score (nSPS) is 12.7. The number of para-hydroxylation sites is 1. The van der Waals surface area contributed by atoms with Crippen molar-refractivity contribution < 1.29 is 4.42 Å². The molecule has 1 N–H and O–H groups in total. The molecule has 0 aliphatic heterocycles. The number of nitrogens with one attached hydrogen (secondary N) is 1. The van der Waals surface area contributed by atoms with Crippen molar-refractivity contribution in [2.75, 3.05) is 5.32 Å². The molecule has 0 saturated carbocycles. The highest BCUT2D eigenvalue weighted by atomic mass is 16.3. The van der Waals surface area contributed by atoms with Crippen LogP contribution >= 0.6 is 0 Å². The summed E-state index contributed by atoms with van der Waals surface area (Å²) >= 11 is 0. The summed E-state index contributed by atoms with van der Waals surface area (Å²) in [6.45, 7) is 7.25. The van der Waals surface area contributed by atoms with Gasteiger partial charge in [0.25, 0.3) is 0 Å². The Morgan fingerprint density at radius 3 is 2.81 bits per heavy atom. The second kappa shape index (κ2) is 5.64. The molecule has 2 aromatic heterocycles. The number of aromatic nitrogens is 2. The molecule has 0 radical (unpaired) electrons. The molecule has 0 aliphatic carbocycles. The molecule has 3 aromatic rings. The van der Waals surface area contributed by atoms with Crippen molar-refractivity contribution in [3.63, 3.8) is 0 Å². The summed E-state index contributed by atoms with van der Waals surface area (Å²) < 4.78 is 7.98. The zero-order valence-corrected chi connectivity index (χ0v) is 12.8. The maximum absolute atomic E-state index is 6.07. The van der Waals surface area contributed by atoms with E-state index in [9.17, 15) is 0 Å². The highest BCUT2D eigenvalue weighted by Crippen LogP contribution is 2.31. The van der Waals surface area contributed by atoms with E-state index in [0.29, 0.717) is 0 Å². The molecule has 4 heteroatoms. The van der Waals surface area contributed by atoms with Gasteiger partial charge in [0.2, 0.25) is 0 Å².